The van der Waals surface area contributed by atoms with Gasteiger partial charge in [-0.2, -0.15) is 4.98 Å². The SMILES string of the molecule is CC(C)Oc1ccc(-c2nc(-c3cccc4c3CCNC4CC(=O)OC(C)(C)C)no2)cc1Cl. The highest BCUT2D eigenvalue weighted by atomic mass is 35.5. The fourth-order valence-corrected chi connectivity index (χ4v) is 4.29. The first-order valence-corrected chi connectivity index (χ1v) is 11.9. The topological polar surface area (TPSA) is 86.5 Å². The summed E-state index contributed by atoms with van der Waals surface area (Å²) in [6, 6.07) is 11.3. The number of halogens is 1. The second-order valence-corrected chi connectivity index (χ2v) is 10.1. The van der Waals surface area contributed by atoms with Gasteiger partial charge in [0.05, 0.1) is 17.5 Å². The summed E-state index contributed by atoms with van der Waals surface area (Å²) in [6.07, 6.45) is 1.08. The van der Waals surface area contributed by atoms with Gasteiger partial charge in [0.25, 0.3) is 5.89 Å². The summed E-state index contributed by atoms with van der Waals surface area (Å²) < 4.78 is 16.8. The second-order valence-electron chi connectivity index (χ2n) is 9.66. The van der Waals surface area contributed by atoms with Gasteiger partial charge >= 0.3 is 5.97 Å². The molecule has 0 bridgehead atoms. The van der Waals surface area contributed by atoms with Gasteiger partial charge < -0.3 is 19.3 Å². The van der Waals surface area contributed by atoms with Crippen molar-refractivity contribution < 1.29 is 18.8 Å². The fraction of sp³-hybridized carbons (Fsp3) is 0.423. The van der Waals surface area contributed by atoms with Crippen LogP contribution in [0.1, 0.15) is 58.2 Å². The number of fused-ring (bicyclic) bond motifs is 1. The molecule has 0 fully saturated rings. The molecule has 1 atom stereocenters. The number of carbonyl (C=O) groups is 1. The highest BCUT2D eigenvalue weighted by molar-refractivity contribution is 6.32. The number of carbonyl (C=O) groups excluding carboxylic acids is 1. The number of aromatic nitrogens is 2. The van der Waals surface area contributed by atoms with Gasteiger partial charge in [0.1, 0.15) is 11.4 Å². The van der Waals surface area contributed by atoms with Crippen LogP contribution in [0, 0.1) is 0 Å². The van der Waals surface area contributed by atoms with Crippen LogP contribution in [0.3, 0.4) is 0 Å². The Kier molecular flexibility index (Phi) is 6.96. The average molecular weight is 484 g/mol. The third kappa shape index (κ3) is 5.59. The Balaban J connectivity index is 1.59. The van der Waals surface area contributed by atoms with Crippen molar-refractivity contribution in [2.75, 3.05) is 6.54 Å². The molecular formula is C26H30ClN3O4. The van der Waals surface area contributed by atoms with E-state index >= 15 is 0 Å². The summed E-state index contributed by atoms with van der Waals surface area (Å²) >= 11 is 6.38. The molecule has 180 valence electrons. The van der Waals surface area contributed by atoms with E-state index in [1.54, 1.807) is 12.1 Å². The molecule has 1 aromatic heterocycles. The zero-order valence-electron chi connectivity index (χ0n) is 20.1. The second kappa shape index (κ2) is 9.76. The van der Waals surface area contributed by atoms with Crippen molar-refractivity contribution in [2.24, 2.45) is 0 Å². The smallest absolute Gasteiger partial charge is 0.308 e. The molecule has 7 nitrogen and oxygen atoms in total. The van der Waals surface area contributed by atoms with E-state index in [9.17, 15) is 4.79 Å². The molecule has 0 amide bonds. The van der Waals surface area contributed by atoms with Crippen molar-refractivity contribution in [3.05, 3.63) is 52.5 Å². The Morgan fingerprint density at radius 3 is 2.76 bits per heavy atom. The van der Waals surface area contributed by atoms with Gasteiger partial charge in [-0.05, 0) is 76.9 Å². The van der Waals surface area contributed by atoms with Crippen molar-refractivity contribution >= 4 is 17.6 Å². The summed E-state index contributed by atoms with van der Waals surface area (Å²) in [7, 11) is 0. The standard InChI is InChI=1S/C26H30ClN3O4/c1-15(2)32-22-10-9-16(13-20(22)27)25-29-24(30-34-25)19-8-6-7-18-17(19)11-12-28-21(18)14-23(31)33-26(3,4)5/h6-10,13,15,21,28H,11-12,14H2,1-5H3. The fourth-order valence-electron chi connectivity index (χ4n) is 4.07. The average Bonchev–Trinajstić information content (AvgIpc) is 3.23. The molecule has 1 N–H and O–H groups in total. The van der Waals surface area contributed by atoms with Crippen molar-refractivity contribution in [1.29, 1.82) is 0 Å². The van der Waals surface area contributed by atoms with E-state index in [1.807, 2.05) is 58.9 Å². The number of nitrogens with one attached hydrogen (secondary N) is 1. The van der Waals surface area contributed by atoms with E-state index < -0.39 is 5.60 Å². The zero-order chi connectivity index (χ0) is 24.5. The molecule has 4 rings (SSSR count). The summed E-state index contributed by atoms with van der Waals surface area (Å²) in [4.78, 5) is 17.1. The normalized spacial score (nSPS) is 15.8. The molecule has 1 aliphatic rings. The van der Waals surface area contributed by atoms with Gasteiger partial charge in [-0.1, -0.05) is 35.0 Å². The lowest BCUT2D eigenvalue weighted by Gasteiger charge is -2.29. The molecule has 0 saturated heterocycles. The van der Waals surface area contributed by atoms with Crippen LogP contribution in [0.5, 0.6) is 5.75 Å². The largest absolute Gasteiger partial charge is 0.489 e. The van der Waals surface area contributed by atoms with Crippen LogP contribution in [0.15, 0.2) is 40.9 Å². The lowest BCUT2D eigenvalue weighted by atomic mass is 9.88. The van der Waals surface area contributed by atoms with E-state index in [1.165, 1.54) is 0 Å². The molecule has 0 saturated carbocycles. The molecular weight excluding hydrogens is 454 g/mol. The van der Waals surface area contributed by atoms with Crippen LogP contribution in [-0.4, -0.2) is 34.4 Å². The molecule has 0 radical (unpaired) electrons. The van der Waals surface area contributed by atoms with E-state index in [0.29, 0.717) is 28.1 Å². The minimum absolute atomic E-state index is 0.0243. The maximum atomic E-state index is 12.4. The van der Waals surface area contributed by atoms with Gasteiger partial charge in [-0.25, -0.2) is 0 Å². The highest BCUT2D eigenvalue weighted by Gasteiger charge is 2.28. The van der Waals surface area contributed by atoms with Crippen LogP contribution in [0.2, 0.25) is 5.02 Å². The number of nitrogens with zero attached hydrogens (tertiary/aromatic N) is 2. The molecule has 8 heteroatoms. The van der Waals surface area contributed by atoms with Crippen LogP contribution >= 0.6 is 11.6 Å². The molecule has 1 aliphatic heterocycles. The predicted octanol–water partition coefficient (Wildman–Crippen LogP) is 5.76. The van der Waals surface area contributed by atoms with Crippen molar-refractivity contribution in [2.45, 2.75) is 65.2 Å². The zero-order valence-corrected chi connectivity index (χ0v) is 20.9. The Labute approximate surface area is 204 Å². The van der Waals surface area contributed by atoms with E-state index in [-0.39, 0.29) is 24.5 Å². The minimum atomic E-state index is -0.514. The molecule has 2 heterocycles. The first kappa shape index (κ1) is 24.2. The molecule has 1 unspecified atom stereocenters. The van der Waals surface area contributed by atoms with Crippen LogP contribution in [0.4, 0.5) is 0 Å². The number of benzene rings is 2. The molecule has 2 aromatic carbocycles. The molecule has 3 aromatic rings. The Morgan fingerprint density at radius 1 is 1.26 bits per heavy atom. The van der Waals surface area contributed by atoms with Crippen molar-refractivity contribution in [3.63, 3.8) is 0 Å². The number of ether oxygens (including phenoxy) is 2. The van der Waals surface area contributed by atoms with Gasteiger partial charge in [-0.3, -0.25) is 4.79 Å². The quantitative estimate of drug-likeness (QED) is 0.446. The van der Waals surface area contributed by atoms with Crippen LogP contribution < -0.4 is 10.1 Å². The maximum Gasteiger partial charge on any atom is 0.308 e. The lowest BCUT2D eigenvalue weighted by molar-refractivity contribution is -0.155. The summed E-state index contributed by atoms with van der Waals surface area (Å²) in [5.74, 6) is 1.26. The van der Waals surface area contributed by atoms with Gasteiger partial charge in [0.15, 0.2) is 0 Å². The number of rotatable bonds is 6. The monoisotopic (exact) mass is 483 g/mol. The third-order valence-electron chi connectivity index (χ3n) is 5.35. The van der Waals surface area contributed by atoms with Gasteiger partial charge in [0, 0.05) is 17.2 Å². The van der Waals surface area contributed by atoms with Crippen molar-refractivity contribution in [1.82, 2.24) is 15.5 Å². The summed E-state index contributed by atoms with van der Waals surface area (Å²) in [6.45, 7) is 10.3. The molecule has 0 spiro atoms. The predicted molar refractivity (Wildman–Crippen MR) is 131 cm³/mol. The molecule has 34 heavy (non-hydrogen) atoms. The Hall–Kier alpha value is -2.90. The Morgan fingerprint density at radius 2 is 2.06 bits per heavy atom. The summed E-state index contributed by atoms with van der Waals surface area (Å²) in [5.41, 5.74) is 3.27. The highest BCUT2D eigenvalue weighted by Crippen LogP contribution is 2.35. The van der Waals surface area contributed by atoms with Crippen LogP contribution in [0.25, 0.3) is 22.8 Å². The van der Waals surface area contributed by atoms with E-state index in [4.69, 9.17) is 25.6 Å². The summed E-state index contributed by atoms with van der Waals surface area (Å²) in [5, 5.41) is 8.15. The lowest BCUT2D eigenvalue weighted by Crippen LogP contribution is -2.33. The van der Waals surface area contributed by atoms with Crippen LogP contribution in [-0.2, 0) is 16.0 Å². The van der Waals surface area contributed by atoms with Gasteiger partial charge in [0.2, 0.25) is 5.82 Å². The maximum absolute atomic E-state index is 12.4. The number of esters is 1. The number of hydrogen-bond donors (Lipinski definition) is 1. The first-order chi connectivity index (χ1) is 16.1. The Bertz CT molecular complexity index is 1180. The third-order valence-corrected chi connectivity index (χ3v) is 5.65. The minimum Gasteiger partial charge on any atom is -0.489 e. The number of hydrogen-bond acceptors (Lipinski definition) is 7. The van der Waals surface area contributed by atoms with E-state index in [2.05, 4.69) is 15.5 Å². The molecule has 0 aliphatic carbocycles. The van der Waals surface area contributed by atoms with E-state index in [0.717, 1.165) is 29.7 Å². The first-order valence-electron chi connectivity index (χ1n) is 11.5. The van der Waals surface area contributed by atoms with Crippen molar-refractivity contribution in [3.8, 4) is 28.6 Å². The van der Waals surface area contributed by atoms with Gasteiger partial charge in [-0.15, -0.1) is 0 Å².